The highest BCUT2D eigenvalue weighted by Gasteiger charge is 2.11. The largest absolute Gasteiger partial charge is 0.382 e. The molecule has 4 rings (SSSR count). The first-order chi connectivity index (χ1) is 15.2. The topological polar surface area (TPSA) is 104 Å². The third kappa shape index (κ3) is 5.17. The first-order valence-electron chi connectivity index (χ1n) is 10.2. The summed E-state index contributed by atoms with van der Waals surface area (Å²) >= 11 is 0. The van der Waals surface area contributed by atoms with Gasteiger partial charge in [-0.05, 0) is 11.6 Å². The molecule has 0 radical (unpaired) electrons. The molecule has 0 unspecified atom stereocenters. The van der Waals surface area contributed by atoms with Crippen LogP contribution in [0.1, 0.15) is 5.56 Å². The Morgan fingerprint density at radius 1 is 1.03 bits per heavy atom. The Morgan fingerprint density at radius 3 is 2.71 bits per heavy atom. The van der Waals surface area contributed by atoms with Gasteiger partial charge in [-0.2, -0.15) is 0 Å². The van der Waals surface area contributed by atoms with E-state index in [1.54, 1.807) is 6.33 Å². The standard InChI is InChI=1S/C23H25N5O3/c24-23-21-22(18-8-4-5-9-19(18)27-23)28(16-26-21)11-13-30-12-10-25-20(29)15-31-14-17-6-2-1-3-7-17/h1-9,16H,10-15H2,(H2,24,27)(H,25,29). The molecule has 2 heterocycles. The lowest BCUT2D eigenvalue weighted by molar-refractivity contribution is -0.126. The van der Waals surface area contributed by atoms with Gasteiger partial charge in [-0.3, -0.25) is 4.79 Å². The van der Waals surface area contributed by atoms with Crippen LogP contribution in [0.5, 0.6) is 0 Å². The van der Waals surface area contributed by atoms with Crippen LogP contribution in [0.2, 0.25) is 0 Å². The predicted octanol–water partition coefficient (Wildman–Crippen LogP) is 2.52. The highest BCUT2D eigenvalue weighted by molar-refractivity contribution is 6.06. The van der Waals surface area contributed by atoms with Crippen molar-refractivity contribution in [1.29, 1.82) is 0 Å². The fourth-order valence-electron chi connectivity index (χ4n) is 3.39. The zero-order valence-corrected chi connectivity index (χ0v) is 17.2. The van der Waals surface area contributed by atoms with Gasteiger partial charge in [0, 0.05) is 18.5 Å². The van der Waals surface area contributed by atoms with Crippen LogP contribution in [0.4, 0.5) is 5.82 Å². The van der Waals surface area contributed by atoms with Crippen LogP contribution in [-0.2, 0) is 27.4 Å². The van der Waals surface area contributed by atoms with Gasteiger partial charge in [-0.15, -0.1) is 0 Å². The third-order valence-corrected chi connectivity index (χ3v) is 4.87. The van der Waals surface area contributed by atoms with Crippen molar-refractivity contribution < 1.29 is 14.3 Å². The van der Waals surface area contributed by atoms with Crippen molar-refractivity contribution in [2.75, 3.05) is 32.1 Å². The summed E-state index contributed by atoms with van der Waals surface area (Å²) in [5, 5.41) is 3.80. The second-order valence-electron chi connectivity index (χ2n) is 7.09. The molecule has 0 atom stereocenters. The van der Waals surface area contributed by atoms with Gasteiger partial charge in [0.15, 0.2) is 5.82 Å². The summed E-state index contributed by atoms with van der Waals surface area (Å²) in [6.45, 7) is 2.40. The number of nitrogens with zero attached hydrogens (tertiary/aromatic N) is 3. The van der Waals surface area contributed by atoms with E-state index < -0.39 is 0 Å². The Kier molecular flexibility index (Phi) is 6.71. The lowest BCUT2D eigenvalue weighted by atomic mass is 10.2. The number of hydrogen-bond donors (Lipinski definition) is 2. The van der Waals surface area contributed by atoms with Gasteiger partial charge >= 0.3 is 0 Å². The molecule has 0 aliphatic rings. The Bertz CT molecular complexity index is 1160. The van der Waals surface area contributed by atoms with E-state index in [1.807, 2.05) is 59.2 Å². The number of carbonyl (C=O) groups excluding carboxylic acids is 1. The summed E-state index contributed by atoms with van der Waals surface area (Å²) in [6, 6.07) is 17.6. The maximum atomic E-state index is 11.8. The number of nitrogens with two attached hydrogens (primary N) is 1. The molecule has 8 heteroatoms. The van der Waals surface area contributed by atoms with Crippen LogP contribution in [-0.4, -0.2) is 46.8 Å². The summed E-state index contributed by atoms with van der Waals surface area (Å²) in [5.41, 5.74) is 9.59. The van der Waals surface area contributed by atoms with Crippen LogP contribution in [0.15, 0.2) is 60.9 Å². The number of fused-ring (bicyclic) bond motifs is 3. The number of nitrogen functional groups attached to an aromatic ring is 1. The van der Waals surface area contributed by atoms with Crippen molar-refractivity contribution in [3.8, 4) is 0 Å². The molecule has 2 aromatic heterocycles. The highest BCUT2D eigenvalue weighted by Crippen LogP contribution is 2.26. The summed E-state index contributed by atoms with van der Waals surface area (Å²) in [6.07, 6.45) is 1.75. The quantitative estimate of drug-likeness (QED) is 0.383. The fraction of sp³-hybridized carbons (Fsp3) is 0.261. The number of para-hydroxylation sites is 1. The van der Waals surface area contributed by atoms with Crippen molar-refractivity contribution in [2.24, 2.45) is 0 Å². The number of nitrogens with one attached hydrogen (secondary N) is 1. The van der Waals surface area contributed by atoms with E-state index in [4.69, 9.17) is 15.2 Å². The summed E-state index contributed by atoms with van der Waals surface area (Å²) < 4.78 is 13.1. The highest BCUT2D eigenvalue weighted by atomic mass is 16.5. The second kappa shape index (κ2) is 10.0. The monoisotopic (exact) mass is 419 g/mol. The third-order valence-electron chi connectivity index (χ3n) is 4.87. The fourth-order valence-corrected chi connectivity index (χ4v) is 3.39. The Morgan fingerprint density at radius 2 is 1.84 bits per heavy atom. The van der Waals surface area contributed by atoms with E-state index in [2.05, 4.69) is 15.3 Å². The van der Waals surface area contributed by atoms with Crippen LogP contribution >= 0.6 is 0 Å². The molecule has 4 aromatic rings. The number of carbonyl (C=O) groups is 1. The first kappa shape index (κ1) is 20.8. The van der Waals surface area contributed by atoms with E-state index in [0.29, 0.717) is 44.2 Å². The Hall–Kier alpha value is -3.49. The van der Waals surface area contributed by atoms with Crippen LogP contribution in [0.3, 0.4) is 0 Å². The molecule has 2 aromatic carbocycles. The normalized spacial score (nSPS) is 11.2. The van der Waals surface area contributed by atoms with Crippen molar-refractivity contribution in [1.82, 2.24) is 19.9 Å². The number of pyridine rings is 1. The lowest BCUT2D eigenvalue weighted by Gasteiger charge is -2.09. The molecule has 0 saturated heterocycles. The van der Waals surface area contributed by atoms with E-state index in [-0.39, 0.29) is 12.5 Å². The lowest BCUT2D eigenvalue weighted by Crippen LogP contribution is -2.30. The molecular formula is C23H25N5O3. The number of amides is 1. The minimum atomic E-state index is -0.158. The van der Waals surface area contributed by atoms with Gasteiger partial charge in [0.2, 0.25) is 5.91 Å². The molecule has 160 valence electrons. The maximum absolute atomic E-state index is 11.8. The van der Waals surface area contributed by atoms with E-state index in [1.165, 1.54) is 0 Å². The summed E-state index contributed by atoms with van der Waals surface area (Å²) in [5.74, 6) is 0.264. The minimum absolute atomic E-state index is 0.0262. The van der Waals surface area contributed by atoms with Crippen LogP contribution in [0.25, 0.3) is 21.9 Å². The number of hydrogen-bond acceptors (Lipinski definition) is 6. The number of ether oxygens (including phenoxy) is 2. The van der Waals surface area contributed by atoms with Gasteiger partial charge in [-0.1, -0.05) is 48.5 Å². The number of benzene rings is 2. The number of anilines is 1. The van der Waals surface area contributed by atoms with E-state index >= 15 is 0 Å². The van der Waals surface area contributed by atoms with Gasteiger partial charge in [0.25, 0.3) is 0 Å². The Balaban J connectivity index is 1.19. The van der Waals surface area contributed by atoms with Crippen LogP contribution in [0, 0.1) is 0 Å². The molecule has 0 aliphatic carbocycles. The van der Waals surface area contributed by atoms with Crippen LogP contribution < -0.4 is 11.1 Å². The minimum Gasteiger partial charge on any atom is -0.382 e. The van der Waals surface area contributed by atoms with Gasteiger partial charge in [-0.25, -0.2) is 9.97 Å². The second-order valence-corrected chi connectivity index (χ2v) is 7.09. The number of rotatable bonds is 10. The smallest absolute Gasteiger partial charge is 0.246 e. The first-order valence-corrected chi connectivity index (χ1v) is 10.2. The Labute approximate surface area is 180 Å². The number of imidazole rings is 1. The van der Waals surface area contributed by atoms with E-state index in [0.717, 1.165) is 22.0 Å². The van der Waals surface area contributed by atoms with Crippen molar-refractivity contribution in [3.63, 3.8) is 0 Å². The SMILES string of the molecule is Nc1nc2ccccc2c2c1ncn2CCOCCNC(=O)COCc1ccccc1. The molecule has 3 N–H and O–H groups in total. The van der Waals surface area contributed by atoms with Gasteiger partial charge in [0.05, 0.1) is 37.2 Å². The molecule has 8 nitrogen and oxygen atoms in total. The average molecular weight is 419 g/mol. The maximum Gasteiger partial charge on any atom is 0.246 e. The zero-order valence-electron chi connectivity index (χ0n) is 17.2. The van der Waals surface area contributed by atoms with Gasteiger partial charge in [0.1, 0.15) is 12.1 Å². The molecule has 0 spiro atoms. The molecule has 31 heavy (non-hydrogen) atoms. The van der Waals surface area contributed by atoms with Crippen molar-refractivity contribution >= 4 is 33.7 Å². The predicted molar refractivity (Wildman–Crippen MR) is 119 cm³/mol. The molecular weight excluding hydrogens is 394 g/mol. The zero-order chi connectivity index (χ0) is 21.5. The summed E-state index contributed by atoms with van der Waals surface area (Å²) in [4.78, 5) is 20.7. The van der Waals surface area contributed by atoms with Crippen molar-refractivity contribution in [3.05, 3.63) is 66.5 Å². The molecule has 1 amide bonds. The summed E-state index contributed by atoms with van der Waals surface area (Å²) in [7, 11) is 0. The molecule has 0 bridgehead atoms. The van der Waals surface area contributed by atoms with Crippen molar-refractivity contribution in [2.45, 2.75) is 13.2 Å². The average Bonchev–Trinajstić information content (AvgIpc) is 3.22. The molecule has 0 saturated carbocycles. The molecule has 0 fully saturated rings. The van der Waals surface area contributed by atoms with E-state index in [9.17, 15) is 4.79 Å². The van der Waals surface area contributed by atoms with Gasteiger partial charge < -0.3 is 25.1 Å². The molecule has 0 aliphatic heterocycles. The number of aromatic nitrogens is 3.